The molecule has 0 bridgehead atoms. The Morgan fingerprint density at radius 3 is 2.63 bits per heavy atom. The molecule has 2 aliphatic rings. The van der Waals surface area contributed by atoms with Crippen LogP contribution >= 0.6 is 11.8 Å². The van der Waals surface area contributed by atoms with Gasteiger partial charge in [-0.25, -0.2) is 4.39 Å². The first-order valence-corrected chi connectivity index (χ1v) is 10.4. The first-order valence-electron chi connectivity index (χ1n) is 9.37. The number of hydrogen-bond acceptors (Lipinski definition) is 6. The lowest BCUT2D eigenvalue weighted by Crippen LogP contribution is -2.43. The number of anilines is 1. The van der Waals surface area contributed by atoms with E-state index < -0.39 is 11.7 Å². The molecular formula is C21H19FN2O5S. The fourth-order valence-corrected chi connectivity index (χ4v) is 4.23. The Morgan fingerprint density at radius 1 is 1.13 bits per heavy atom. The Balaban J connectivity index is 1.43. The summed E-state index contributed by atoms with van der Waals surface area (Å²) in [6, 6.07) is 10.7. The van der Waals surface area contributed by atoms with Crippen LogP contribution in [0.2, 0.25) is 0 Å². The summed E-state index contributed by atoms with van der Waals surface area (Å²) < 4.78 is 23.9. The number of rotatable bonds is 6. The van der Waals surface area contributed by atoms with Crippen molar-refractivity contribution in [2.24, 2.45) is 5.92 Å². The van der Waals surface area contributed by atoms with Gasteiger partial charge in [-0.2, -0.15) is 0 Å². The van der Waals surface area contributed by atoms with Crippen LogP contribution in [0.5, 0.6) is 11.5 Å². The molecule has 2 aromatic rings. The molecule has 2 aromatic carbocycles. The van der Waals surface area contributed by atoms with Gasteiger partial charge in [-0.3, -0.25) is 14.4 Å². The van der Waals surface area contributed by atoms with Crippen molar-refractivity contribution in [3.8, 4) is 11.5 Å². The van der Waals surface area contributed by atoms with Crippen molar-refractivity contribution in [1.29, 1.82) is 0 Å². The van der Waals surface area contributed by atoms with Gasteiger partial charge in [0.25, 0.3) is 0 Å². The molecule has 9 heteroatoms. The predicted molar refractivity (Wildman–Crippen MR) is 109 cm³/mol. The molecule has 2 heterocycles. The molecule has 0 radical (unpaired) electrons. The van der Waals surface area contributed by atoms with E-state index in [0.29, 0.717) is 22.9 Å². The standard InChI is InChI=1S/C21H19FN2O5S/c22-15-2-4-16(5-3-15)24(21(27)14-8-20(26)30-11-14)10-19(25)23-9-13-1-6-17-18(7-13)29-12-28-17/h1-7,14H,8-12H2,(H,23,25)/t14-/m0/s1. The van der Waals surface area contributed by atoms with Gasteiger partial charge in [0.1, 0.15) is 12.4 Å². The topological polar surface area (TPSA) is 84.9 Å². The van der Waals surface area contributed by atoms with Gasteiger partial charge in [-0.15, -0.1) is 0 Å². The third kappa shape index (κ3) is 4.56. The molecule has 0 aromatic heterocycles. The number of nitrogens with one attached hydrogen (secondary N) is 1. The molecule has 1 fully saturated rings. The number of amides is 2. The minimum absolute atomic E-state index is 0.0420. The lowest BCUT2D eigenvalue weighted by Gasteiger charge is -2.25. The summed E-state index contributed by atoms with van der Waals surface area (Å²) in [5.74, 6) is 0.0314. The molecule has 7 nitrogen and oxygen atoms in total. The van der Waals surface area contributed by atoms with E-state index in [1.54, 1.807) is 12.1 Å². The summed E-state index contributed by atoms with van der Waals surface area (Å²) in [6.07, 6.45) is 0.139. The lowest BCUT2D eigenvalue weighted by molar-refractivity contribution is -0.126. The van der Waals surface area contributed by atoms with Gasteiger partial charge in [0.05, 0.1) is 5.92 Å². The highest BCUT2D eigenvalue weighted by Gasteiger charge is 2.33. The van der Waals surface area contributed by atoms with E-state index in [1.807, 2.05) is 6.07 Å². The number of benzene rings is 2. The van der Waals surface area contributed by atoms with Crippen LogP contribution < -0.4 is 19.7 Å². The summed E-state index contributed by atoms with van der Waals surface area (Å²) in [5.41, 5.74) is 1.23. The van der Waals surface area contributed by atoms with Gasteiger partial charge < -0.3 is 19.7 Å². The maximum Gasteiger partial charge on any atom is 0.240 e. The van der Waals surface area contributed by atoms with Crippen molar-refractivity contribution < 1.29 is 28.2 Å². The Labute approximate surface area is 176 Å². The molecule has 30 heavy (non-hydrogen) atoms. The van der Waals surface area contributed by atoms with E-state index in [2.05, 4.69) is 5.32 Å². The number of carbonyl (C=O) groups is 3. The minimum Gasteiger partial charge on any atom is -0.454 e. The molecule has 0 spiro atoms. The van der Waals surface area contributed by atoms with Crippen molar-refractivity contribution in [1.82, 2.24) is 5.32 Å². The van der Waals surface area contributed by atoms with Gasteiger partial charge in [-0.05, 0) is 42.0 Å². The van der Waals surface area contributed by atoms with E-state index in [-0.39, 0.29) is 43.2 Å². The SMILES string of the molecule is O=C(CN(C(=O)[C@@H]1CSC(=O)C1)c1ccc(F)cc1)NCc1ccc2c(c1)OCO2. The number of fused-ring (bicyclic) bond motifs is 1. The van der Waals surface area contributed by atoms with Crippen LogP contribution in [0.25, 0.3) is 0 Å². The zero-order valence-electron chi connectivity index (χ0n) is 15.9. The number of carbonyl (C=O) groups excluding carboxylic acids is 3. The maximum atomic E-state index is 13.3. The number of hydrogen-bond donors (Lipinski definition) is 1. The Morgan fingerprint density at radius 2 is 1.90 bits per heavy atom. The van der Waals surface area contributed by atoms with Crippen LogP contribution in [0.1, 0.15) is 12.0 Å². The summed E-state index contributed by atoms with van der Waals surface area (Å²) >= 11 is 1.12. The first kappa shape index (κ1) is 20.2. The van der Waals surface area contributed by atoms with Gasteiger partial charge in [0.2, 0.25) is 18.6 Å². The quantitative estimate of drug-likeness (QED) is 0.758. The lowest BCUT2D eigenvalue weighted by atomic mass is 10.1. The zero-order chi connectivity index (χ0) is 21.1. The van der Waals surface area contributed by atoms with Gasteiger partial charge >= 0.3 is 0 Å². The van der Waals surface area contributed by atoms with Gasteiger partial charge in [0, 0.05) is 24.4 Å². The molecule has 2 aliphatic heterocycles. The van der Waals surface area contributed by atoms with Crippen molar-refractivity contribution in [3.63, 3.8) is 0 Å². The highest BCUT2D eigenvalue weighted by molar-refractivity contribution is 8.14. The second-order valence-electron chi connectivity index (χ2n) is 6.95. The summed E-state index contributed by atoms with van der Waals surface area (Å²) in [7, 11) is 0. The zero-order valence-corrected chi connectivity index (χ0v) is 16.7. The molecular weight excluding hydrogens is 411 g/mol. The van der Waals surface area contributed by atoms with E-state index in [9.17, 15) is 18.8 Å². The third-order valence-electron chi connectivity index (χ3n) is 4.84. The van der Waals surface area contributed by atoms with Crippen molar-refractivity contribution >= 4 is 34.4 Å². The van der Waals surface area contributed by atoms with Crippen LogP contribution in [0.3, 0.4) is 0 Å². The highest BCUT2D eigenvalue weighted by atomic mass is 32.2. The molecule has 1 N–H and O–H groups in total. The van der Waals surface area contributed by atoms with Crippen LogP contribution in [-0.2, 0) is 20.9 Å². The summed E-state index contributed by atoms with van der Waals surface area (Å²) in [4.78, 5) is 38.4. The fourth-order valence-electron chi connectivity index (χ4n) is 3.26. The second-order valence-corrected chi connectivity index (χ2v) is 8.03. The summed E-state index contributed by atoms with van der Waals surface area (Å²) in [5, 5.41) is 2.74. The van der Waals surface area contributed by atoms with Crippen LogP contribution in [0.15, 0.2) is 42.5 Å². The Kier molecular flexibility index (Phi) is 5.89. The number of halogens is 1. The fraction of sp³-hybridized carbons (Fsp3) is 0.286. The van der Waals surface area contributed by atoms with E-state index in [4.69, 9.17) is 9.47 Å². The highest BCUT2D eigenvalue weighted by Crippen LogP contribution is 2.32. The van der Waals surface area contributed by atoms with Crippen molar-refractivity contribution in [2.75, 3.05) is 24.0 Å². The molecule has 1 atom stereocenters. The van der Waals surface area contributed by atoms with Gasteiger partial charge in [0.15, 0.2) is 16.6 Å². The molecule has 1 saturated heterocycles. The third-order valence-corrected chi connectivity index (χ3v) is 5.90. The van der Waals surface area contributed by atoms with Crippen LogP contribution in [0.4, 0.5) is 10.1 Å². The molecule has 0 aliphatic carbocycles. The second kappa shape index (κ2) is 8.74. The largest absolute Gasteiger partial charge is 0.454 e. The average Bonchev–Trinajstić information content (AvgIpc) is 3.39. The van der Waals surface area contributed by atoms with Crippen LogP contribution in [0, 0.1) is 11.7 Å². The number of nitrogens with zero attached hydrogens (tertiary/aromatic N) is 1. The average molecular weight is 430 g/mol. The molecule has 0 unspecified atom stereocenters. The minimum atomic E-state index is -0.491. The van der Waals surface area contributed by atoms with Crippen LogP contribution in [-0.4, -0.2) is 36.0 Å². The maximum absolute atomic E-state index is 13.3. The smallest absolute Gasteiger partial charge is 0.240 e. The van der Waals surface area contributed by atoms with E-state index in [1.165, 1.54) is 29.2 Å². The number of ether oxygens (including phenoxy) is 2. The van der Waals surface area contributed by atoms with Gasteiger partial charge in [-0.1, -0.05) is 17.8 Å². The summed E-state index contributed by atoms with van der Waals surface area (Å²) in [6.45, 7) is 0.185. The first-order chi connectivity index (χ1) is 14.5. The number of thioether (sulfide) groups is 1. The molecule has 156 valence electrons. The van der Waals surface area contributed by atoms with Crippen molar-refractivity contribution in [2.45, 2.75) is 13.0 Å². The Bertz CT molecular complexity index is 982. The van der Waals surface area contributed by atoms with E-state index >= 15 is 0 Å². The predicted octanol–water partition coefficient (Wildman–Crippen LogP) is 2.48. The normalized spacial score (nSPS) is 17.1. The molecule has 0 saturated carbocycles. The molecule has 2 amide bonds. The Hall–Kier alpha value is -3.07. The van der Waals surface area contributed by atoms with Crippen molar-refractivity contribution in [3.05, 3.63) is 53.8 Å². The monoisotopic (exact) mass is 430 g/mol. The molecule has 4 rings (SSSR count). The van der Waals surface area contributed by atoms with E-state index in [0.717, 1.165) is 17.3 Å².